The van der Waals surface area contributed by atoms with E-state index in [1.54, 1.807) is 6.07 Å². The second-order valence-electron chi connectivity index (χ2n) is 10.8. The van der Waals surface area contributed by atoms with Crippen molar-refractivity contribution in [3.8, 4) is 0 Å². The van der Waals surface area contributed by atoms with Gasteiger partial charge in [0.25, 0.3) is 5.91 Å². The topological polar surface area (TPSA) is 64.6 Å². The first-order chi connectivity index (χ1) is 20.1. The predicted octanol–water partition coefficient (Wildman–Crippen LogP) is 6.85. The Morgan fingerprint density at radius 1 is 0.841 bits per heavy atom. The molecule has 0 spiro atoms. The van der Waals surface area contributed by atoms with Crippen LogP contribution in [0.2, 0.25) is 0 Å². The minimum atomic E-state index is -1.01. The highest BCUT2D eigenvalue weighted by Crippen LogP contribution is 2.16. The van der Waals surface area contributed by atoms with Crippen LogP contribution in [-0.4, -0.2) is 41.7 Å². The third-order valence-electron chi connectivity index (χ3n) is 6.88. The fourth-order valence-electron chi connectivity index (χ4n) is 5.02. The van der Waals surface area contributed by atoms with Gasteiger partial charge in [0.1, 0.15) is 11.6 Å². The number of benzene rings is 4. The van der Waals surface area contributed by atoms with Crippen LogP contribution in [0.3, 0.4) is 0 Å². The lowest BCUT2D eigenvalue weighted by molar-refractivity contribution is 0.0829. The number of hydrogen-bond acceptors (Lipinski definition) is 4. The molecule has 3 N–H and O–H groups in total. The molecule has 236 valence electrons. The molecule has 2 atom stereocenters. The number of halogens is 5. The Bertz CT molecular complexity index is 1480. The summed E-state index contributed by atoms with van der Waals surface area (Å²) < 4.78 is 29.0. The summed E-state index contributed by atoms with van der Waals surface area (Å²) in [7, 11) is 2.03. The molecule has 5 nitrogen and oxygen atoms in total. The van der Waals surface area contributed by atoms with Gasteiger partial charge in [0.15, 0.2) is 0 Å². The van der Waals surface area contributed by atoms with Gasteiger partial charge in [-0.25, -0.2) is 8.78 Å². The standard InChI is InChI=1S/C34H36F2IN3O2.2ClH/c1-23-11-27(22-40(2)21-24-7-4-3-5-8-24)13-28(12-23)34(42)39-32(17-26-14-29(35)18-30(36)15-26)33(41)20-38-19-25-9-6-10-31(37)16-25;;/h3-16,18,32-33,38,41H,17,19-22H2,1-2H3,(H,39,42);2*1H/t32-,33-;;/m0../s1. The maximum Gasteiger partial charge on any atom is 0.251 e. The molecule has 44 heavy (non-hydrogen) atoms. The lowest BCUT2D eigenvalue weighted by Crippen LogP contribution is -2.48. The SMILES string of the molecule is Cc1cc(CN(C)Cc2ccccc2)cc(C(=O)N[C@@H](Cc2cc(F)cc(F)c2)[C@@H](O)CNCc2cccc(I)c2)c1.Cl.Cl. The quantitative estimate of drug-likeness (QED) is 0.131. The van der Waals surface area contributed by atoms with E-state index in [1.807, 2.05) is 62.5 Å². The van der Waals surface area contributed by atoms with Crippen LogP contribution in [0.5, 0.6) is 0 Å². The number of aliphatic hydroxyl groups excluding tert-OH is 1. The molecule has 10 heteroatoms. The Kier molecular flexibility index (Phi) is 15.7. The van der Waals surface area contributed by atoms with Crippen LogP contribution in [-0.2, 0) is 26.1 Å². The summed E-state index contributed by atoms with van der Waals surface area (Å²) in [6.07, 6.45) is -0.949. The molecule has 0 aliphatic rings. The summed E-state index contributed by atoms with van der Waals surface area (Å²) in [4.78, 5) is 15.7. The van der Waals surface area contributed by atoms with Crippen LogP contribution in [0.15, 0.2) is 91.0 Å². The number of aryl methyl sites for hydroxylation is 1. The zero-order valence-electron chi connectivity index (χ0n) is 24.6. The van der Waals surface area contributed by atoms with E-state index in [2.05, 4.69) is 56.3 Å². The predicted molar refractivity (Wildman–Crippen MR) is 185 cm³/mol. The van der Waals surface area contributed by atoms with Gasteiger partial charge in [0, 0.05) is 41.4 Å². The molecule has 0 radical (unpaired) electrons. The maximum absolute atomic E-state index is 14.0. The number of hydrogen-bond donors (Lipinski definition) is 3. The average Bonchev–Trinajstić information content (AvgIpc) is 2.92. The molecule has 0 aliphatic heterocycles. The molecule has 0 heterocycles. The Morgan fingerprint density at radius 3 is 2.18 bits per heavy atom. The molecule has 1 amide bonds. The second-order valence-corrected chi connectivity index (χ2v) is 12.0. The summed E-state index contributed by atoms with van der Waals surface area (Å²) in [6.45, 7) is 4.06. The van der Waals surface area contributed by atoms with Crippen LogP contribution < -0.4 is 10.6 Å². The molecule has 4 aromatic carbocycles. The van der Waals surface area contributed by atoms with Gasteiger partial charge in [0.05, 0.1) is 12.1 Å². The molecule has 0 aromatic heterocycles. The minimum absolute atomic E-state index is 0. The van der Waals surface area contributed by atoms with Crippen LogP contribution in [0.25, 0.3) is 0 Å². The zero-order chi connectivity index (χ0) is 30.1. The van der Waals surface area contributed by atoms with Crippen molar-refractivity contribution in [3.05, 3.63) is 140 Å². The van der Waals surface area contributed by atoms with Crippen molar-refractivity contribution < 1.29 is 18.7 Å². The summed E-state index contributed by atoms with van der Waals surface area (Å²) in [5.41, 5.74) is 5.00. The van der Waals surface area contributed by atoms with E-state index >= 15 is 0 Å². The van der Waals surface area contributed by atoms with E-state index in [0.29, 0.717) is 24.2 Å². The second kappa shape index (κ2) is 18.4. The number of aliphatic hydroxyl groups is 1. The Balaban J connectivity index is 0.00000337. The molecule has 4 aromatic rings. The van der Waals surface area contributed by atoms with Crippen LogP contribution in [0, 0.1) is 22.1 Å². The lowest BCUT2D eigenvalue weighted by atomic mass is 9.99. The van der Waals surface area contributed by atoms with Gasteiger partial charge < -0.3 is 15.7 Å². The largest absolute Gasteiger partial charge is 0.390 e. The molecule has 0 fully saturated rings. The number of amides is 1. The van der Waals surface area contributed by atoms with Crippen LogP contribution in [0.4, 0.5) is 8.78 Å². The van der Waals surface area contributed by atoms with Gasteiger partial charge in [-0.15, -0.1) is 24.8 Å². The van der Waals surface area contributed by atoms with Crippen molar-refractivity contribution >= 4 is 53.3 Å². The first kappa shape index (κ1) is 37.6. The van der Waals surface area contributed by atoms with E-state index in [4.69, 9.17) is 0 Å². The highest BCUT2D eigenvalue weighted by molar-refractivity contribution is 14.1. The Morgan fingerprint density at radius 2 is 1.50 bits per heavy atom. The highest BCUT2D eigenvalue weighted by Gasteiger charge is 2.23. The molecule has 0 saturated heterocycles. The van der Waals surface area contributed by atoms with Crippen LogP contribution >= 0.6 is 47.4 Å². The number of nitrogens with zero attached hydrogens (tertiary/aromatic N) is 1. The van der Waals surface area contributed by atoms with E-state index in [1.165, 1.54) is 17.7 Å². The minimum Gasteiger partial charge on any atom is -0.390 e. The van der Waals surface area contributed by atoms with Crippen molar-refractivity contribution in [2.24, 2.45) is 0 Å². The van der Waals surface area contributed by atoms with Gasteiger partial charge in [-0.2, -0.15) is 0 Å². The normalized spacial score (nSPS) is 12.2. The molecule has 0 unspecified atom stereocenters. The molecular formula is C34H38Cl2F2IN3O2. The van der Waals surface area contributed by atoms with E-state index in [-0.39, 0.29) is 43.7 Å². The van der Waals surface area contributed by atoms with E-state index in [9.17, 15) is 18.7 Å². The molecule has 4 rings (SSSR count). The van der Waals surface area contributed by atoms with Gasteiger partial charge >= 0.3 is 0 Å². The molecular weight excluding hydrogens is 718 g/mol. The van der Waals surface area contributed by atoms with E-state index in [0.717, 1.165) is 32.9 Å². The van der Waals surface area contributed by atoms with Gasteiger partial charge in [-0.1, -0.05) is 54.1 Å². The van der Waals surface area contributed by atoms with Crippen molar-refractivity contribution in [1.29, 1.82) is 0 Å². The molecule has 0 aliphatic carbocycles. The number of nitrogens with one attached hydrogen (secondary N) is 2. The molecule has 0 bridgehead atoms. The lowest BCUT2D eigenvalue weighted by Gasteiger charge is -2.25. The third kappa shape index (κ3) is 12.1. The summed E-state index contributed by atoms with van der Waals surface area (Å²) in [6, 6.07) is 26.3. The number of rotatable bonds is 13. The molecule has 0 saturated carbocycles. The van der Waals surface area contributed by atoms with Gasteiger partial charge in [0.2, 0.25) is 0 Å². The van der Waals surface area contributed by atoms with Crippen molar-refractivity contribution in [1.82, 2.24) is 15.5 Å². The van der Waals surface area contributed by atoms with Crippen LogP contribution in [0.1, 0.15) is 38.2 Å². The van der Waals surface area contributed by atoms with Crippen molar-refractivity contribution in [2.45, 2.75) is 45.1 Å². The number of carbonyl (C=O) groups is 1. The maximum atomic E-state index is 14.0. The summed E-state index contributed by atoms with van der Waals surface area (Å²) >= 11 is 2.24. The van der Waals surface area contributed by atoms with Crippen molar-refractivity contribution in [2.75, 3.05) is 13.6 Å². The third-order valence-corrected chi connectivity index (χ3v) is 7.55. The summed E-state index contributed by atoms with van der Waals surface area (Å²) in [5, 5.41) is 17.3. The monoisotopic (exact) mass is 755 g/mol. The smallest absolute Gasteiger partial charge is 0.251 e. The fourth-order valence-corrected chi connectivity index (χ4v) is 5.63. The summed E-state index contributed by atoms with van der Waals surface area (Å²) in [5.74, 6) is -1.77. The Labute approximate surface area is 284 Å². The zero-order valence-corrected chi connectivity index (χ0v) is 28.4. The number of carbonyl (C=O) groups excluding carboxylic acids is 1. The first-order valence-corrected chi connectivity index (χ1v) is 14.9. The van der Waals surface area contributed by atoms with Gasteiger partial charge in [-0.05, 0) is 102 Å². The van der Waals surface area contributed by atoms with E-state index < -0.39 is 23.8 Å². The fraction of sp³-hybridized carbons (Fsp3) is 0.265. The van der Waals surface area contributed by atoms with Crippen molar-refractivity contribution in [3.63, 3.8) is 0 Å². The average molecular weight is 757 g/mol. The first-order valence-electron chi connectivity index (χ1n) is 13.9. The highest BCUT2D eigenvalue weighted by atomic mass is 127. The Hall–Kier alpha value is -2.60. The van der Waals surface area contributed by atoms with Gasteiger partial charge in [-0.3, -0.25) is 9.69 Å².